The predicted molar refractivity (Wildman–Crippen MR) is 84.3 cm³/mol. The summed E-state index contributed by atoms with van der Waals surface area (Å²) in [6, 6.07) is -3.62. The molecule has 0 saturated carbocycles. The van der Waals surface area contributed by atoms with Gasteiger partial charge in [0.15, 0.2) is 0 Å². The number of rotatable bonds is 10. The van der Waals surface area contributed by atoms with E-state index in [0.29, 0.717) is 0 Å². The summed E-state index contributed by atoms with van der Waals surface area (Å²) >= 11 is 3.87. The van der Waals surface area contributed by atoms with Crippen LogP contribution in [0, 0.1) is 0 Å². The first-order chi connectivity index (χ1) is 11.1. The molecule has 7 N–H and O–H groups in total. The number of carboxylic acid groups (broad SMARTS) is 2. The largest absolute Gasteiger partial charge is 0.481 e. The zero-order chi connectivity index (χ0) is 18.9. The lowest BCUT2D eigenvalue weighted by Crippen LogP contribution is -2.56. The molecule has 0 aliphatic rings. The summed E-state index contributed by atoms with van der Waals surface area (Å²) in [4.78, 5) is 56.6. The van der Waals surface area contributed by atoms with E-state index in [1.165, 1.54) is 6.92 Å². The van der Waals surface area contributed by atoms with E-state index in [0.717, 1.165) is 0 Å². The fourth-order valence-corrected chi connectivity index (χ4v) is 1.70. The molecule has 11 nitrogen and oxygen atoms in total. The Morgan fingerprint density at radius 2 is 1.50 bits per heavy atom. The molecule has 0 radical (unpaired) electrons. The molecule has 3 atom stereocenters. The predicted octanol–water partition coefficient (Wildman–Crippen LogP) is -3.09. The molecule has 0 bridgehead atoms. The van der Waals surface area contributed by atoms with Crippen LogP contribution in [-0.4, -0.2) is 70.3 Å². The molecule has 3 amide bonds. The van der Waals surface area contributed by atoms with E-state index in [1.807, 2.05) is 0 Å². The Bertz CT molecular complexity index is 512. The molecule has 136 valence electrons. The highest BCUT2D eigenvalue weighted by atomic mass is 32.1. The van der Waals surface area contributed by atoms with Gasteiger partial charge < -0.3 is 31.9 Å². The van der Waals surface area contributed by atoms with E-state index < -0.39 is 60.8 Å². The Balaban J connectivity index is 4.92. The Morgan fingerprint density at radius 3 is 1.92 bits per heavy atom. The van der Waals surface area contributed by atoms with E-state index in [1.54, 1.807) is 0 Å². The SMILES string of the molecule is CC(N)C(=O)NC(CC(=O)O)C(=O)NC(CS)C(=O)NCC(=O)O. The maximum Gasteiger partial charge on any atom is 0.322 e. The van der Waals surface area contributed by atoms with Crippen LogP contribution in [0.2, 0.25) is 0 Å². The van der Waals surface area contributed by atoms with Gasteiger partial charge in [-0.05, 0) is 6.92 Å². The maximum absolute atomic E-state index is 12.1. The smallest absolute Gasteiger partial charge is 0.322 e. The van der Waals surface area contributed by atoms with Crippen LogP contribution in [0.3, 0.4) is 0 Å². The zero-order valence-electron chi connectivity index (χ0n) is 12.8. The number of carboxylic acids is 2. The van der Waals surface area contributed by atoms with Crippen molar-refractivity contribution in [2.75, 3.05) is 12.3 Å². The van der Waals surface area contributed by atoms with Gasteiger partial charge in [-0.3, -0.25) is 24.0 Å². The molecule has 0 aliphatic heterocycles. The van der Waals surface area contributed by atoms with Crippen molar-refractivity contribution in [3.8, 4) is 0 Å². The molecule has 24 heavy (non-hydrogen) atoms. The third kappa shape index (κ3) is 8.33. The molecule has 0 rings (SSSR count). The van der Waals surface area contributed by atoms with Crippen molar-refractivity contribution < 1.29 is 34.2 Å². The first-order valence-electron chi connectivity index (χ1n) is 6.77. The Kier molecular flexibility index (Phi) is 9.42. The van der Waals surface area contributed by atoms with Gasteiger partial charge in [0.2, 0.25) is 17.7 Å². The van der Waals surface area contributed by atoms with Crippen LogP contribution in [0.1, 0.15) is 13.3 Å². The van der Waals surface area contributed by atoms with Crippen molar-refractivity contribution >= 4 is 42.3 Å². The van der Waals surface area contributed by atoms with Gasteiger partial charge in [-0.1, -0.05) is 0 Å². The summed E-state index contributed by atoms with van der Waals surface area (Å²) in [5.74, 6) is -5.28. The van der Waals surface area contributed by atoms with Gasteiger partial charge in [-0.25, -0.2) is 0 Å². The van der Waals surface area contributed by atoms with Crippen molar-refractivity contribution in [3.05, 3.63) is 0 Å². The van der Waals surface area contributed by atoms with Gasteiger partial charge in [0, 0.05) is 5.75 Å². The van der Waals surface area contributed by atoms with Gasteiger partial charge >= 0.3 is 11.9 Å². The van der Waals surface area contributed by atoms with Gasteiger partial charge in [0.1, 0.15) is 18.6 Å². The number of carbonyl (C=O) groups is 5. The highest BCUT2D eigenvalue weighted by Gasteiger charge is 2.28. The van der Waals surface area contributed by atoms with Gasteiger partial charge in [0.05, 0.1) is 12.5 Å². The molecule has 0 saturated heterocycles. The second kappa shape index (κ2) is 10.4. The lowest BCUT2D eigenvalue weighted by Gasteiger charge is -2.21. The van der Waals surface area contributed by atoms with Crippen molar-refractivity contribution in [3.63, 3.8) is 0 Å². The standard InChI is InChI=1S/C12H20N4O7S/c1-5(13)10(21)15-6(2-8(17)18)12(23)16-7(4-24)11(22)14-3-9(19)20/h5-7,24H,2-4,13H2,1H3,(H,14,22)(H,15,21)(H,16,23)(H,17,18)(H,19,20). The summed E-state index contributed by atoms with van der Waals surface area (Å²) in [5.41, 5.74) is 5.34. The highest BCUT2D eigenvalue weighted by Crippen LogP contribution is 1.97. The molecule has 0 heterocycles. The van der Waals surface area contributed by atoms with Crippen molar-refractivity contribution in [1.82, 2.24) is 16.0 Å². The van der Waals surface area contributed by atoms with Crippen LogP contribution < -0.4 is 21.7 Å². The van der Waals surface area contributed by atoms with Crippen molar-refractivity contribution in [2.45, 2.75) is 31.5 Å². The molecule has 0 spiro atoms. The number of carbonyl (C=O) groups excluding carboxylic acids is 3. The third-order valence-electron chi connectivity index (χ3n) is 2.65. The molecule has 0 fully saturated rings. The lowest BCUT2D eigenvalue weighted by molar-refractivity contribution is -0.141. The Labute approximate surface area is 142 Å². The highest BCUT2D eigenvalue weighted by molar-refractivity contribution is 7.80. The summed E-state index contributed by atoms with van der Waals surface area (Å²) in [6.07, 6.45) is -0.722. The summed E-state index contributed by atoms with van der Waals surface area (Å²) in [5, 5.41) is 23.7. The number of aliphatic carboxylic acids is 2. The topological polar surface area (TPSA) is 188 Å². The normalized spacial score (nSPS) is 14.0. The third-order valence-corrected chi connectivity index (χ3v) is 3.02. The minimum absolute atomic E-state index is 0.168. The average molecular weight is 364 g/mol. The van der Waals surface area contributed by atoms with Crippen LogP contribution >= 0.6 is 12.6 Å². The monoisotopic (exact) mass is 364 g/mol. The molecule has 12 heteroatoms. The molecule has 0 aliphatic carbocycles. The van der Waals surface area contributed by atoms with Crippen LogP contribution in [0.4, 0.5) is 0 Å². The number of hydrogen-bond acceptors (Lipinski definition) is 7. The van der Waals surface area contributed by atoms with Gasteiger partial charge in [0.25, 0.3) is 0 Å². The zero-order valence-corrected chi connectivity index (χ0v) is 13.7. The number of thiol groups is 1. The summed E-state index contributed by atoms with van der Waals surface area (Å²) in [6.45, 7) is 0.694. The quantitative estimate of drug-likeness (QED) is 0.198. The summed E-state index contributed by atoms with van der Waals surface area (Å²) in [7, 11) is 0. The minimum atomic E-state index is -1.45. The molecule has 0 aromatic carbocycles. The van der Waals surface area contributed by atoms with Crippen molar-refractivity contribution in [2.24, 2.45) is 5.73 Å². The Morgan fingerprint density at radius 1 is 0.958 bits per heavy atom. The first-order valence-corrected chi connectivity index (χ1v) is 7.40. The van der Waals surface area contributed by atoms with E-state index in [9.17, 15) is 24.0 Å². The minimum Gasteiger partial charge on any atom is -0.481 e. The van der Waals surface area contributed by atoms with Gasteiger partial charge in [-0.15, -0.1) is 0 Å². The average Bonchev–Trinajstić information content (AvgIpc) is 2.48. The lowest BCUT2D eigenvalue weighted by atomic mass is 10.1. The molecule has 0 aromatic rings. The second-order valence-corrected chi connectivity index (χ2v) is 5.17. The van der Waals surface area contributed by atoms with Gasteiger partial charge in [-0.2, -0.15) is 12.6 Å². The molecule has 3 unspecified atom stereocenters. The second-order valence-electron chi connectivity index (χ2n) is 4.80. The van der Waals surface area contributed by atoms with E-state index in [-0.39, 0.29) is 5.75 Å². The number of amides is 3. The maximum atomic E-state index is 12.1. The number of nitrogens with two attached hydrogens (primary N) is 1. The Hall–Kier alpha value is -2.34. The fourth-order valence-electron chi connectivity index (χ4n) is 1.44. The van der Waals surface area contributed by atoms with E-state index in [4.69, 9.17) is 15.9 Å². The van der Waals surface area contributed by atoms with Crippen LogP contribution in [-0.2, 0) is 24.0 Å². The molecular weight excluding hydrogens is 344 g/mol. The van der Waals surface area contributed by atoms with Crippen LogP contribution in [0.5, 0.6) is 0 Å². The number of nitrogens with one attached hydrogen (secondary N) is 3. The molecular formula is C12H20N4O7S. The van der Waals surface area contributed by atoms with Crippen LogP contribution in [0.15, 0.2) is 0 Å². The number of hydrogen-bond donors (Lipinski definition) is 7. The van der Waals surface area contributed by atoms with Crippen LogP contribution in [0.25, 0.3) is 0 Å². The fraction of sp³-hybridized carbons (Fsp3) is 0.583. The molecule has 0 aromatic heterocycles. The van der Waals surface area contributed by atoms with E-state index in [2.05, 4.69) is 28.6 Å². The summed E-state index contributed by atoms with van der Waals surface area (Å²) < 4.78 is 0. The van der Waals surface area contributed by atoms with Crippen molar-refractivity contribution in [1.29, 1.82) is 0 Å². The van der Waals surface area contributed by atoms with E-state index >= 15 is 0 Å². The first kappa shape index (κ1) is 21.7.